The molecule has 1 saturated heterocycles. The molecule has 0 spiro atoms. The highest BCUT2D eigenvalue weighted by atomic mass is 16.3. The molecule has 4 rings (SSSR count). The molecule has 0 bridgehead atoms. The van der Waals surface area contributed by atoms with E-state index < -0.39 is 5.60 Å². The number of fused-ring (bicyclic) bond motifs is 1. The summed E-state index contributed by atoms with van der Waals surface area (Å²) in [5.74, 6) is -0.0193. The molecule has 1 fully saturated rings. The van der Waals surface area contributed by atoms with Crippen LogP contribution in [0, 0.1) is 0 Å². The molecule has 1 aliphatic heterocycles. The molecule has 114 valence electrons. The number of aliphatic hydroxyl groups is 1. The number of rotatable bonds is 2. The Balaban J connectivity index is 1.55. The second kappa shape index (κ2) is 4.91. The van der Waals surface area contributed by atoms with Crippen molar-refractivity contribution < 1.29 is 9.90 Å². The van der Waals surface area contributed by atoms with Crippen LogP contribution >= 0.6 is 0 Å². The van der Waals surface area contributed by atoms with E-state index in [2.05, 4.69) is 21.5 Å². The van der Waals surface area contributed by atoms with Crippen LogP contribution in [0.2, 0.25) is 0 Å². The smallest absolute Gasteiger partial charge is 0.253 e. The van der Waals surface area contributed by atoms with Crippen LogP contribution in [0.5, 0.6) is 0 Å². The Labute approximate surface area is 128 Å². The fourth-order valence-electron chi connectivity index (χ4n) is 3.49. The summed E-state index contributed by atoms with van der Waals surface area (Å²) in [6.07, 6.45) is 5.33. The number of hydrogen-bond donors (Lipinski definition) is 2. The standard InChI is InChI=1S/C16H18N4O2/c21-15(13-5-4-11-2-1-3-12(11)8-13)20-7-6-16(22,10-20)14-9-17-19-18-14/h4-5,8-9,22H,1-3,6-7,10H2,(H,17,18,19)/t16-/m1/s1. The first-order valence-corrected chi connectivity index (χ1v) is 7.65. The second-order valence-electron chi connectivity index (χ2n) is 6.20. The molecule has 1 atom stereocenters. The van der Waals surface area contributed by atoms with Crippen molar-refractivity contribution in [3.63, 3.8) is 0 Å². The van der Waals surface area contributed by atoms with Crippen LogP contribution in [0.1, 0.15) is 40.0 Å². The van der Waals surface area contributed by atoms with Crippen molar-refractivity contribution in [1.29, 1.82) is 0 Å². The molecule has 1 aliphatic carbocycles. The fourth-order valence-corrected chi connectivity index (χ4v) is 3.49. The van der Waals surface area contributed by atoms with E-state index in [0.29, 0.717) is 24.2 Å². The van der Waals surface area contributed by atoms with Crippen molar-refractivity contribution in [3.05, 3.63) is 46.8 Å². The third-order valence-electron chi connectivity index (χ3n) is 4.77. The normalized spacial score (nSPS) is 23.8. The highest BCUT2D eigenvalue weighted by molar-refractivity contribution is 5.94. The van der Waals surface area contributed by atoms with Gasteiger partial charge in [-0.25, -0.2) is 0 Å². The lowest BCUT2D eigenvalue weighted by Gasteiger charge is -2.21. The fraction of sp³-hybridized carbons (Fsp3) is 0.438. The Morgan fingerprint density at radius 3 is 3.00 bits per heavy atom. The van der Waals surface area contributed by atoms with Crippen molar-refractivity contribution in [2.45, 2.75) is 31.3 Å². The number of amides is 1. The highest BCUT2D eigenvalue weighted by Gasteiger charge is 2.41. The summed E-state index contributed by atoms with van der Waals surface area (Å²) < 4.78 is 0. The number of aryl methyl sites for hydroxylation is 2. The topological polar surface area (TPSA) is 82.1 Å². The van der Waals surface area contributed by atoms with Gasteiger partial charge in [0.15, 0.2) is 0 Å². The van der Waals surface area contributed by atoms with Crippen LogP contribution in [-0.4, -0.2) is 44.4 Å². The van der Waals surface area contributed by atoms with Crippen LogP contribution < -0.4 is 0 Å². The minimum Gasteiger partial charge on any atom is -0.381 e. The van der Waals surface area contributed by atoms with Gasteiger partial charge in [0, 0.05) is 18.5 Å². The number of nitrogens with zero attached hydrogens (tertiary/aromatic N) is 3. The molecule has 1 aromatic heterocycles. The summed E-state index contributed by atoms with van der Waals surface area (Å²) in [7, 11) is 0. The molecular formula is C16H18N4O2. The monoisotopic (exact) mass is 298 g/mol. The lowest BCUT2D eigenvalue weighted by molar-refractivity contribution is 0.0382. The van der Waals surface area contributed by atoms with Gasteiger partial charge in [0.1, 0.15) is 11.3 Å². The summed E-state index contributed by atoms with van der Waals surface area (Å²) in [5.41, 5.74) is 2.76. The molecule has 2 heterocycles. The minimum absolute atomic E-state index is 0.0193. The molecule has 0 saturated carbocycles. The number of aromatic amines is 1. The highest BCUT2D eigenvalue weighted by Crippen LogP contribution is 2.31. The van der Waals surface area contributed by atoms with Gasteiger partial charge in [-0.2, -0.15) is 15.4 Å². The molecular weight excluding hydrogens is 280 g/mol. The number of nitrogens with one attached hydrogen (secondary N) is 1. The Kier molecular flexibility index (Phi) is 3.00. The number of benzene rings is 1. The van der Waals surface area contributed by atoms with Gasteiger partial charge in [0.05, 0.1) is 12.7 Å². The zero-order chi connectivity index (χ0) is 15.2. The van der Waals surface area contributed by atoms with Gasteiger partial charge in [0.2, 0.25) is 0 Å². The van der Waals surface area contributed by atoms with E-state index >= 15 is 0 Å². The number of β-amino-alcohol motifs (C(OH)–C–C–N with tert-alkyl or cyclic N) is 1. The zero-order valence-corrected chi connectivity index (χ0v) is 12.2. The Morgan fingerprint density at radius 2 is 2.18 bits per heavy atom. The largest absolute Gasteiger partial charge is 0.381 e. The van der Waals surface area contributed by atoms with Crippen molar-refractivity contribution >= 4 is 5.91 Å². The van der Waals surface area contributed by atoms with Crippen molar-refractivity contribution in [2.24, 2.45) is 0 Å². The van der Waals surface area contributed by atoms with Gasteiger partial charge in [-0.1, -0.05) is 6.07 Å². The predicted octanol–water partition coefficient (Wildman–Crippen LogP) is 1.03. The number of carbonyl (C=O) groups excluding carboxylic acids is 1. The third kappa shape index (κ3) is 2.11. The van der Waals surface area contributed by atoms with Gasteiger partial charge in [-0.3, -0.25) is 4.79 Å². The number of hydrogen-bond acceptors (Lipinski definition) is 4. The number of H-pyrrole nitrogens is 1. The Hall–Kier alpha value is -2.21. The number of likely N-dealkylation sites (tertiary alicyclic amines) is 1. The van der Waals surface area contributed by atoms with Crippen molar-refractivity contribution in [3.8, 4) is 0 Å². The average Bonchev–Trinajstić information content (AvgIpc) is 3.26. The van der Waals surface area contributed by atoms with Gasteiger partial charge in [-0.05, 0) is 42.5 Å². The predicted molar refractivity (Wildman–Crippen MR) is 79.3 cm³/mol. The maximum absolute atomic E-state index is 12.7. The van der Waals surface area contributed by atoms with Crippen molar-refractivity contribution in [1.82, 2.24) is 20.3 Å². The SMILES string of the molecule is O=C(c1ccc2c(c1)CCC2)N1CC[C@](O)(c2cn[nH]n2)C1. The van der Waals surface area contributed by atoms with Gasteiger partial charge in [-0.15, -0.1) is 0 Å². The van der Waals surface area contributed by atoms with Crippen molar-refractivity contribution in [2.75, 3.05) is 13.1 Å². The van der Waals surface area contributed by atoms with Gasteiger partial charge >= 0.3 is 0 Å². The average molecular weight is 298 g/mol. The molecule has 22 heavy (non-hydrogen) atoms. The molecule has 0 unspecified atom stereocenters. The number of aromatic nitrogens is 3. The Morgan fingerprint density at radius 1 is 1.32 bits per heavy atom. The molecule has 1 amide bonds. The minimum atomic E-state index is -1.10. The van der Waals surface area contributed by atoms with Gasteiger partial charge in [0.25, 0.3) is 5.91 Å². The summed E-state index contributed by atoms with van der Waals surface area (Å²) in [4.78, 5) is 14.4. The van der Waals surface area contributed by atoms with Crippen LogP contribution in [-0.2, 0) is 18.4 Å². The number of carbonyl (C=O) groups is 1. The maximum Gasteiger partial charge on any atom is 0.253 e. The van der Waals surface area contributed by atoms with E-state index in [0.717, 1.165) is 12.8 Å². The summed E-state index contributed by atoms with van der Waals surface area (Å²) >= 11 is 0. The zero-order valence-electron chi connectivity index (χ0n) is 12.2. The Bertz CT molecular complexity index is 713. The van der Waals surface area contributed by atoms with E-state index in [4.69, 9.17) is 0 Å². The van der Waals surface area contributed by atoms with E-state index in [1.807, 2.05) is 12.1 Å². The lowest BCUT2D eigenvalue weighted by Crippen LogP contribution is -2.34. The lowest BCUT2D eigenvalue weighted by atomic mass is 10.00. The molecule has 2 aromatic rings. The first kappa shape index (κ1) is 13.5. The second-order valence-corrected chi connectivity index (χ2v) is 6.20. The quantitative estimate of drug-likeness (QED) is 0.867. The molecule has 6 heteroatoms. The summed E-state index contributed by atoms with van der Waals surface area (Å²) in [5, 5.41) is 20.9. The molecule has 1 aromatic carbocycles. The first-order valence-electron chi connectivity index (χ1n) is 7.65. The van der Waals surface area contributed by atoms with E-state index in [-0.39, 0.29) is 12.5 Å². The molecule has 0 radical (unpaired) electrons. The van der Waals surface area contributed by atoms with E-state index in [9.17, 15) is 9.90 Å². The van der Waals surface area contributed by atoms with Crippen LogP contribution in [0.25, 0.3) is 0 Å². The molecule has 2 aliphatic rings. The molecule has 6 nitrogen and oxygen atoms in total. The maximum atomic E-state index is 12.7. The third-order valence-corrected chi connectivity index (χ3v) is 4.77. The van der Waals surface area contributed by atoms with Crippen LogP contribution in [0.3, 0.4) is 0 Å². The molecule has 2 N–H and O–H groups in total. The van der Waals surface area contributed by atoms with E-state index in [1.165, 1.54) is 23.7 Å². The summed E-state index contributed by atoms with van der Waals surface area (Å²) in [6.45, 7) is 0.786. The van der Waals surface area contributed by atoms with Gasteiger partial charge < -0.3 is 10.0 Å². The van der Waals surface area contributed by atoms with E-state index in [1.54, 1.807) is 4.90 Å². The van der Waals surface area contributed by atoms with Crippen LogP contribution in [0.15, 0.2) is 24.4 Å². The summed E-state index contributed by atoms with van der Waals surface area (Å²) in [6, 6.07) is 5.98. The van der Waals surface area contributed by atoms with Crippen LogP contribution in [0.4, 0.5) is 0 Å². The first-order chi connectivity index (χ1) is 10.7.